The minimum Gasteiger partial charge on any atom is -0.481 e. The smallest absolute Gasteiger partial charge is 0.305 e. The minimum absolute atomic E-state index is 0.211. The number of aliphatic carboxylic acids is 1. The monoisotopic (exact) mass is 185 g/mol. The lowest BCUT2D eigenvalue weighted by Gasteiger charge is -2.36. The summed E-state index contributed by atoms with van der Waals surface area (Å²) in [4.78, 5) is 10.6. The van der Waals surface area contributed by atoms with Crippen molar-refractivity contribution in [1.29, 1.82) is 0 Å². The lowest BCUT2D eigenvalue weighted by molar-refractivity contribution is -0.138. The van der Waals surface area contributed by atoms with Crippen molar-refractivity contribution in [2.75, 3.05) is 7.05 Å². The van der Waals surface area contributed by atoms with Gasteiger partial charge >= 0.3 is 5.97 Å². The highest BCUT2D eigenvalue weighted by Gasteiger charge is 2.31. The summed E-state index contributed by atoms with van der Waals surface area (Å²) in [6.07, 6.45) is 5.08. The Morgan fingerprint density at radius 3 is 2.54 bits per heavy atom. The fourth-order valence-corrected chi connectivity index (χ4v) is 1.93. The lowest BCUT2D eigenvalue weighted by Crippen LogP contribution is -2.44. The first-order valence-electron chi connectivity index (χ1n) is 4.96. The number of hydrogen-bond acceptors (Lipinski definition) is 2. The van der Waals surface area contributed by atoms with Gasteiger partial charge in [0.25, 0.3) is 0 Å². The van der Waals surface area contributed by atoms with E-state index >= 15 is 0 Å². The normalized spacial score (nSPS) is 22.0. The van der Waals surface area contributed by atoms with Crippen molar-refractivity contribution in [3.05, 3.63) is 0 Å². The van der Waals surface area contributed by atoms with Crippen molar-refractivity contribution in [2.24, 2.45) is 5.92 Å². The topological polar surface area (TPSA) is 49.3 Å². The number of hydrogen-bond donors (Lipinski definition) is 2. The molecule has 1 aliphatic rings. The molecule has 1 atom stereocenters. The second-order valence-corrected chi connectivity index (χ2v) is 4.38. The molecule has 2 N–H and O–H groups in total. The fraction of sp³-hybridized carbons (Fsp3) is 0.900. The van der Waals surface area contributed by atoms with Crippen LogP contribution in [0, 0.1) is 5.92 Å². The molecule has 0 bridgehead atoms. The molecule has 0 heterocycles. The highest BCUT2D eigenvalue weighted by molar-refractivity contribution is 5.68. The number of carboxylic acid groups (broad SMARTS) is 1. The van der Waals surface area contributed by atoms with Crippen molar-refractivity contribution in [3.8, 4) is 0 Å². The van der Waals surface area contributed by atoms with E-state index in [4.69, 9.17) is 5.11 Å². The SMILES string of the molecule is CNC(C)(CC(=O)O)CC1CCC1. The number of carbonyl (C=O) groups is 1. The van der Waals surface area contributed by atoms with E-state index in [0.29, 0.717) is 0 Å². The second kappa shape index (κ2) is 4.09. The molecular formula is C10H19NO2. The molecule has 13 heavy (non-hydrogen) atoms. The van der Waals surface area contributed by atoms with Gasteiger partial charge in [0.05, 0.1) is 6.42 Å². The highest BCUT2D eigenvalue weighted by Crippen LogP contribution is 2.34. The molecule has 0 aliphatic heterocycles. The van der Waals surface area contributed by atoms with Gasteiger partial charge in [-0.25, -0.2) is 0 Å². The Kier molecular flexibility index (Phi) is 3.31. The van der Waals surface area contributed by atoms with Gasteiger partial charge < -0.3 is 10.4 Å². The summed E-state index contributed by atoms with van der Waals surface area (Å²) in [5, 5.41) is 11.9. The molecule has 0 aromatic heterocycles. The van der Waals surface area contributed by atoms with Gasteiger partial charge in [0, 0.05) is 5.54 Å². The first-order valence-corrected chi connectivity index (χ1v) is 4.96. The highest BCUT2D eigenvalue weighted by atomic mass is 16.4. The molecule has 0 spiro atoms. The molecule has 0 aromatic rings. The Morgan fingerprint density at radius 1 is 1.62 bits per heavy atom. The molecule has 3 nitrogen and oxygen atoms in total. The van der Waals surface area contributed by atoms with Gasteiger partial charge in [-0.2, -0.15) is 0 Å². The van der Waals surface area contributed by atoms with Gasteiger partial charge in [0.2, 0.25) is 0 Å². The van der Waals surface area contributed by atoms with Crippen LogP contribution in [-0.4, -0.2) is 23.7 Å². The standard InChI is InChI=1S/C10H19NO2/c1-10(11-2,7-9(12)13)6-8-4-3-5-8/h8,11H,3-7H2,1-2H3,(H,12,13). The minimum atomic E-state index is -0.712. The Labute approximate surface area is 79.5 Å². The van der Waals surface area contributed by atoms with Crippen molar-refractivity contribution in [3.63, 3.8) is 0 Å². The number of nitrogens with one attached hydrogen (secondary N) is 1. The number of rotatable bonds is 5. The van der Waals surface area contributed by atoms with E-state index in [9.17, 15) is 4.79 Å². The quantitative estimate of drug-likeness (QED) is 0.684. The molecule has 76 valence electrons. The van der Waals surface area contributed by atoms with Crippen LogP contribution in [0.4, 0.5) is 0 Å². The molecule has 1 rings (SSSR count). The van der Waals surface area contributed by atoms with E-state index < -0.39 is 5.97 Å². The van der Waals surface area contributed by atoms with Crippen molar-refractivity contribution < 1.29 is 9.90 Å². The van der Waals surface area contributed by atoms with Gasteiger partial charge in [0.1, 0.15) is 0 Å². The molecule has 0 radical (unpaired) electrons. The van der Waals surface area contributed by atoms with Crippen LogP contribution in [0.2, 0.25) is 0 Å². The molecule has 1 aliphatic carbocycles. The zero-order chi connectivity index (χ0) is 9.90. The van der Waals surface area contributed by atoms with E-state index in [2.05, 4.69) is 5.32 Å². The molecule has 0 amide bonds. The Bertz CT molecular complexity index is 189. The third-order valence-corrected chi connectivity index (χ3v) is 3.11. The van der Waals surface area contributed by atoms with Gasteiger partial charge in [-0.3, -0.25) is 4.79 Å². The Balaban J connectivity index is 2.41. The number of carboxylic acids is 1. The maximum atomic E-state index is 10.6. The maximum absolute atomic E-state index is 10.6. The second-order valence-electron chi connectivity index (χ2n) is 4.38. The van der Waals surface area contributed by atoms with Gasteiger partial charge in [0.15, 0.2) is 0 Å². The van der Waals surface area contributed by atoms with Crippen LogP contribution in [-0.2, 0) is 4.79 Å². The lowest BCUT2D eigenvalue weighted by atomic mass is 9.75. The van der Waals surface area contributed by atoms with E-state index in [1.807, 2.05) is 14.0 Å². The summed E-state index contributed by atoms with van der Waals surface area (Å²) in [5.41, 5.74) is -0.211. The van der Waals surface area contributed by atoms with E-state index in [0.717, 1.165) is 12.3 Å². The van der Waals surface area contributed by atoms with Crippen molar-refractivity contribution >= 4 is 5.97 Å². The van der Waals surface area contributed by atoms with Crippen LogP contribution in [0.15, 0.2) is 0 Å². The van der Waals surface area contributed by atoms with Gasteiger partial charge in [-0.05, 0) is 26.3 Å². The third kappa shape index (κ3) is 2.99. The fourth-order valence-electron chi connectivity index (χ4n) is 1.93. The predicted octanol–water partition coefficient (Wildman–Crippen LogP) is 1.63. The summed E-state index contributed by atoms with van der Waals surface area (Å²) in [6.45, 7) is 2.00. The molecule has 1 saturated carbocycles. The van der Waals surface area contributed by atoms with Gasteiger partial charge in [-0.15, -0.1) is 0 Å². The molecule has 3 heteroatoms. The van der Waals surface area contributed by atoms with Crippen LogP contribution < -0.4 is 5.32 Å². The first kappa shape index (κ1) is 10.5. The molecule has 0 saturated heterocycles. The first-order chi connectivity index (χ1) is 6.06. The zero-order valence-electron chi connectivity index (χ0n) is 8.47. The van der Waals surface area contributed by atoms with Crippen LogP contribution in [0.1, 0.15) is 39.0 Å². The summed E-state index contributed by atoms with van der Waals surface area (Å²) < 4.78 is 0. The van der Waals surface area contributed by atoms with Crippen LogP contribution in [0.5, 0.6) is 0 Å². The average Bonchev–Trinajstić information content (AvgIpc) is 1.96. The Morgan fingerprint density at radius 2 is 2.23 bits per heavy atom. The van der Waals surface area contributed by atoms with E-state index in [-0.39, 0.29) is 12.0 Å². The third-order valence-electron chi connectivity index (χ3n) is 3.11. The average molecular weight is 185 g/mol. The molecular weight excluding hydrogens is 166 g/mol. The van der Waals surface area contributed by atoms with Crippen LogP contribution in [0.25, 0.3) is 0 Å². The molecule has 0 aromatic carbocycles. The molecule has 1 fully saturated rings. The van der Waals surface area contributed by atoms with Crippen molar-refractivity contribution in [2.45, 2.75) is 44.6 Å². The summed E-state index contributed by atoms with van der Waals surface area (Å²) in [6, 6.07) is 0. The summed E-state index contributed by atoms with van der Waals surface area (Å²) in [7, 11) is 1.85. The zero-order valence-corrected chi connectivity index (χ0v) is 8.47. The Hall–Kier alpha value is -0.570. The van der Waals surface area contributed by atoms with Crippen molar-refractivity contribution in [1.82, 2.24) is 5.32 Å². The largest absolute Gasteiger partial charge is 0.481 e. The van der Waals surface area contributed by atoms with Crippen LogP contribution >= 0.6 is 0 Å². The molecule has 1 unspecified atom stereocenters. The van der Waals surface area contributed by atoms with E-state index in [1.54, 1.807) is 0 Å². The summed E-state index contributed by atoms with van der Waals surface area (Å²) in [5.74, 6) is 0.0352. The predicted molar refractivity (Wildman–Crippen MR) is 51.7 cm³/mol. The summed E-state index contributed by atoms with van der Waals surface area (Å²) >= 11 is 0. The van der Waals surface area contributed by atoms with Crippen LogP contribution in [0.3, 0.4) is 0 Å². The van der Waals surface area contributed by atoms with Gasteiger partial charge in [-0.1, -0.05) is 19.3 Å². The van der Waals surface area contributed by atoms with E-state index in [1.165, 1.54) is 19.3 Å². The maximum Gasteiger partial charge on any atom is 0.305 e.